The average molecular weight is 587 g/mol. The van der Waals surface area contributed by atoms with Crippen LogP contribution in [0.15, 0.2) is 21.2 Å². The minimum atomic E-state index is -4.67. The summed E-state index contributed by atoms with van der Waals surface area (Å²) in [5, 5.41) is 11.9. The van der Waals surface area contributed by atoms with E-state index in [2.05, 4.69) is 25.2 Å². The number of urea groups is 1. The van der Waals surface area contributed by atoms with Gasteiger partial charge in [0.2, 0.25) is 5.89 Å². The highest BCUT2D eigenvalue weighted by molar-refractivity contribution is 5.93. The van der Waals surface area contributed by atoms with Crippen LogP contribution in [-0.2, 0) is 4.74 Å². The second kappa shape index (κ2) is 11.2. The van der Waals surface area contributed by atoms with Crippen molar-refractivity contribution in [2.45, 2.75) is 63.1 Å². The molecule has 2 fully saturated rings. The number of halogens is 5. The van der Waals surface area contributed by atoms with E-state index in [1.165, 1.54) is 20.1 Å². The molecule has 3 heterocycles. The molecule has 5 rings (SSSR count). The highest BCUT2D eigenvalue weighted by Crippen LogP contribution is 2.38. The number of oxazole rings is 1. The van der Waals surface area contributed by atoms with Crippen LogP contribution in [0, 0.1) is 18.7 Å². The zero-order valence-electron chi connectivity index (χ0n) is 22.0. The molecule has 1 aliphatic heterocycles. The lowest BCUT2D eigenvalue weighted by molar-refractivity contribution is -0.150. The Hall–Kier alpha value is -3.82. The molecule has 0 spiro atoms. The summed E-state index contributed by atoms with van der Waals surface area (Å²) >= 11 is 0. The quantitative estimate of drug-likeness (QED) is 0.373. The predicted molar refractivity (Wildman–Crippen MR) is 130 cm³/mol. The van der Waals surface area contributed by atoms with Gasteiger partial charge in [-0.05, 0) is 61.4 Å². The fraction of sp³-hybridized carbons (Fsp3) is 0.560. The molecule has 1 aliphatic carbocycles. The number of carbonyl (C=O) groups excluding carboxylic acids is 2. The zero-order chi connectivity index (χ0) is 29.5. The number of nitrogens with zero attached hydrogens (tertiary/aromatic N) is 4. The molecule has 3 aromatic rings. The number of aromatic nitrogens is 3. The lowest BCUT2D eigenvalue weighted by Crippen LogP contribution is -2.40. The van der Waals surface area contributed by atoms with Gasteiger partial charge >= 0.3 is 12.2 Å². The molecule has 0 unspecified atom stereocenters. The van der Waals surface area contributed by atoms with Crippen molar-refractivity contribution in [1.82, 2.24) is 30.8 Å². The van der Waals surface area contributed by atoms with E-state index in [1.807, 2.05) is 5.32 Å². The van der Waals surface area contributed by atoms with Crippen molar-refractivity contribution in [1.29, 1.82) is 0 Å². The van der Waals surface area contributed by atoms with Crippen LogP contribution in [0.4, 0.5) is 26.7 Å². The van der Waals surface area contributed by atoms with E-state index >= 15 is 4.39 Å². The first-order chi connectivity index (χ1) is 19.5. The van der Waals surface area contributed by atoms with Crippen molar-refractivity contribution in [3.05, 3.63) is 40.8 Å². The Morgan fingerprint density at radius 1 is 1.24 bits per heavy atom. The maximum atomic E-state index is 15.4. The van der Waals surface area contributed by atoms with Crippen LogP contribution in [0.2, 0.25) is 0 Å². The van der Waals surface area contributed by atoms with Crippen LogP contribution in [0.25, 0.3) is 11.1 Å². The minimum Gasteiger partial charge on any atom is -0.435 e. The maximum absolute atomic E-state index is 15.4. The van der Waals surface area contributed by atoms with Crippen molar-refractivity contribution in [2.75, 3.05) is 20.3 Å². The molecule has 1 saturated carbocycles. The Kier molecular flexibility index (Phi) is 7.85. The number of rotatable bonds is 8. The van der Waals surface area contributed by atoms with Gasteiger partial charge in [-0.25, -0.2) is 23.2 Å². The Labute approximate surface area is 229 Å². The van der Waals surface area contributed by atoms with Gasteiger partial charge in [-0.1, -0.05) is 5.16 Å². The minimum absolute atomic E-state index is 0.0146. The average Bonchev–Trinajstić information content (AvgIpc) is 3.64. The summed E-state index contributed by atoms with van der Waals surface area (Å²) in [7, 11) is 1.30. The largest absolute Gasteiger partial charge is 0.435 e. The monoisotopic (exact) mass is 586 g/mol. The van der Waals surface area contributed by atoms with Gasteiger partial charge in [0.1, 0.15) is 29.5 Å². The standard InChI is InChI=1S/C25H27F5N6O5/c1-11-19(35-41-34-11)22(37)33-20(12-3-5-14(26)6-4-12)23-31-16-8-13(7-15(27)21(16)40-23)17(10-39-2)36-9-18(25(28,29)30)32-24(36)38/h7-8,12,14,17-18,20H,3-6,9-10H2,1-2H3,(H,32,38)(H,33,37)/t12?,14?,17-,18+,20+/m1/s1. The number of nitrogens with one attached hydrogen (secondary N) is 2. The molecule has 16 heteroatoms. The van der Waals surface area contributed by atoms with Gasteiger partial charge < -0.3 is 24.7 Å². The topological polar surface area (TPSA) is 136 Å². The van der Waals surface area contributed by atoms with E-state index in [-0.39, 0.29) is 59.3 Å². The summed E-state index contributed by atoms with van der Waals surface area (Å²) in [4.78, 5) is 30.7. The molecule has 2 aliphatic rings. The summed E-state index contributed by atoms with van der Waals surface area (Å²) in [6, 6.07) is -2.57. The maximum Gasteiger partial charge on any atom is 0.410 e. The Morgan fingerprint density at radius 2 is 1.98 bits per heavy atom. The molecule has 222 valence electrons. The first-order valence-corrected chi connectivity index (χ1v) is 12.9. The highest BCUT2D eigenvalue weighted by Gasteiger charge is 2.48. The smallest absolute Gasteiger partial charge is 0.410 e. The molecule has 2 aromatic heterocycles. The highest BCUT2D eigenvalue weighted by atomic mass is 19.4. The van der Waals surface area contributed by atoms with Crippen molar-refractivity contribution in [2.24, 2.45) is 5.92 Å². The lowest BCUT2D eigenvalue weighted by Gasteiger charge is -2.30. The molecule has 0 radical (unpaired) electrons. The number of amides is 3. The van der Waals surface area contributed by atoms with Gasteiger partial charge in [0.25, 0.3) is 5.91 Å². The molecule has 41 heavy (non-hydrogen) atoms. The first-order valence-electron chi connectivity index (χ1n) is 12.9. The third-order valence-electron chi connectivity index (χ3n) is 7.50. The number of aryl methyl sites for hydroxylation is 1. The van der Waals surface area contributed by atoms with Crippen molar-refractivity contribution >= 4 is 23.0 Å². The predicted octanol–water partition coefficient (Wildman–Crippen LogP) is 4.30. The summed E-state index contributed by atoms with van der Waals surface area (Å²) < 4.78 is 84.6. The van der Waals surface area contributed by atoms with Crippen molar-refractivity contribution < 1.29 is 45.3 Å². The second-order valence-electron chi connectivity index (χ2n) is 10.2. The SMILES string of the molecule is COC[C@H](c1cc(F)c2oc([C@@H](NC(=O)c3nonc3C)C3CCC(F)CC3)nc2c1)N1C[C@@H](C(F)(F)F)NC1=O. The number of fused-ring (bicyclic) bond motifs is 1. The van der Waals surface area contributed by atoms with E-state index in [9.17, 15) is 27.2 Å². The zero-order valence-corrected chi connectivity index (χ0v) is 22.0. The van der Waals surface area contributed by atoms with Gasteiger partial charge in [0.05, 0.1) is 19.2 Å². The molecule has 0 bridgehead atoms. The first kappa shape index (κ1) is 28.7. The summed E-state index contributed by atoms with van der Waals surface area (Å²) in [5.41, 5.74) is 0.0713. The number of carbonyl (C=O) groups is 2. The number of benzene rings is 1. The van der Waals surface area contributed by atoms with E-state index in [1.54, 1.807) is 0 Å². The summed E-state index contributed by atoms with van der Waals surface area (Å²) in [6.07, 6.45) is -4.33. The van der Waals surface area contributed by atoms with E-state index < -0.39 is 54.8 Å². The van der Waals surface area contributed by atoms with Crippen molar-refractivity contribution in [3.8, 4) is 0 Å². The number of methoxy groups -OCH3 is 1. The molecule has 11 nitrogen and oxygen atoms in total. The third-order valence-corrected chi connectivity index (χ3v) is 7.50. The molecular formula is C25H27F5N6O5. The van der Waals surface area contributed by atoms with Crippen LogP contribution >= 0.6 is 0 Å². The van der Waals surface area contributed by atoms with Crippen LogP contribution in [0.1, 0.15) is 65.4 Å². The van der Waals surface area contributed by atoms with E-state index in [0.29, 0.717) is 12.8 Å². The van der Waals surface area contributed by atoms with Gasteiger partial charge in [0.15, 0.2) is 17.1 Å². The van der Waals surface area contributed by atoms with Gasteiger partial charge in [-0.3, -0.25) is 4.79 Å². The number of ether oxygens (including phenoxy) is 1. The second-order valence-corrected chi connectivity index (χ2v) is 10.2. The van der Waals surface area contributed by atoms with E-state index in [0.717, 1.165) is 11.0 Å². The molecule has 1 saturated heterocycles. The lowest BCUT2D eigenvalue weighted by atomic mass is 9.83. The normalized spacial score (nSPS) is 23.0. The number of alkyl halides is 4. The third kappa shape index (κ3) is 5.83. The van der Waals surface area contributed by atoms with Gasteiger partial charge in [0, 0.05) is 7.11 Å². The van der Waals surface area contributed by atoms with Crippen LogP contribution in [0.3, 0.4) is 0 Å². The van der Waals surface area contributed by atoms with E-state index in [4.69, 9.17) is 9.15 Å². The van der Waals surface area contributed by atoms with Crippen molar-refractivity contribution in [3.63, 3.8) is 0 Å². The molecular weight excluding hydrogens is 559 g/mol. The number of hydrogen-bond donors (Lipinski definition) is 2. The molecule has 3 atom stereocenters. The molecule has 3 amide bonds. The van der Waals surface area contributed by atoms with Crippen LogP contribution in [-0.4, -0.2) is 70.8 Å². The van der Waals surface area contributed by atoms with Crippen LogP contribution < -0.4 is 10.6 Å². The Morgan fingerprint density at radius 3 is 2.59 bits per heavy atom. The fourth-order valence-corrected chi connectivity index (χ4v) is 5.33. The molecule has 1 aromatic carbocycles. The molecule has 2 N–H and O–H groups in total. The summed E-state index contributed by atoms with van der Waals surface area (Å²) in [6.45, 7) is 0.616. The van der Waals surface area contributed by atoms with Crippen LogP contribution in [0.5, 0.6) is 0 Å². The van der Waals surface area contributed by atoms with Gasteiger partial charge in [-0.2, -0.15) is 13.2 Å². The number of hydrogen-bond acceptors (Lipinski definition) is 8. The Balaban J connectivity index is 1.48. The van der Waals surface area contributed by atoms with Gasteiger partial charge in [-0.15, -0.1) is 0 Å². The Bertz CT molecular complexity index is 1420. The fourth-order valence-electron chi connectivity index (χ4n) is 5.33. The summed E-state index contributed by atoms with van der Waals surface area (Å²) in [5.74, 6) is -1.85.